The fraction of sp³-hybridized carbons (Fsp3) is 0.833. The van der Waals surface area contributed by atoms with E-state index in [9.17, 15) is 0 Å². The fourth-order valence-corrected chi connectivity index (χ4v) is 2.91. The van der Waals surface area contributed by atoms with Gasteiger partial charge in [0.15, 0.2) is 0 Å². The van der Waals surface area contributed by atoms with Gasteiger partial charge in [0, 0.05) is 13.0 Å². The first-order chi connectivity index (χ1) is 7.82. The van der Waals surface area contributed by atoms with Crippen LogP contribution in [0.15, 0.2) is 11.8 Å². The van der Waals surface area contributed by atoms with Crippen molar-refractivity contribution in [2.24, 2.45) is 5.84 Å². The highest BCUT2D eigenvalue weighted by Crippen LogP contribution is 2.39. The van der Waals surface area contributed by atoms with Crippen LogP contribution in [0.5, 0.6) is 0 Å². The van der Waals surface area contributed by atoms with Gasteiger partial charge >= 0.3 is 0 Å². The SMILES string of the molecule is CCOC1(C(NN)C2=CCCO2)CCCC1. The number of rotatable bonds is 5. The van der Waals surface area contributed by atoms with E-state index in [4.69, 9.17) is 15.3 Å². The molecule has 0 bridgehead atoms. The van der Waals surface area contributed by atoms with Gasteiger partial charge in [0.25, 0.3) is 0 Å². The molecule has 16 heavy (non-hydrogen) atoms. The third kappa shape index (κ3) is 2.10. The molecule has 1 fully saturated rings. The van der Waals surface area contributed by atoms with Crippen LogP contribution in [0.2, 0.25) is 0 Å². The summed E-state index contributed by atoms with van der Waals surface area (Å²) in [5.74, 6) is 6.67. The topological polar surface area (TPSA) is 56.5 Å². The third-order valence-electron chi connectivity index (χ3n) is 3.59. The third-order valence-corrected chi connectivity index (χ3v) is 3.59. The van der Waals surface area contributed by atoms with Gasteiger partial charge in [-0.05, 0) is 25.8 Å². The predicted octanol–water partition coefficient (Wildman–Crippen LogP) is 1.47. The molecular weight excluding hydrogens is 204 g/mol. The fourth-order valence-electron chi connectivity index (χ4n) is 2.91. The summed E-state index contributed by atoms with van der Waals surface area (Å²) in [4.78, 5) is 0. The molecule has 3 N–H and O–H groups in total. The quantitative estimate of drug-likeness (QED) is 0.550. The largest absolute Gasteiger partial charge is 0.496 e. The number of nitrogens with two attached hydrogens (primary N) is 1. The van der Waals surface area contributed by atoms with E-state index in [-0.39, 0.29) is 11.6 Å². The number of hydrazine groups is 1. The van der Waals surface area contributed by atoms with Crippen molar-refractivity contribution in [1.29, 1.82) is 0 Å². The molecule has 4 nitrogen and oxygen atoms in total. The predicted molar refractivity (Wildman–Crippen MR) is 62.6 cm³/mol. The molecule has 0 aromatic rings. The molecule has 1 unspecified atom stereocenters. The van der Waals surface area contributed by atoms with Crippen molar-refractivity contribution in [2.75, 3.05) is 13.2 Å². The summed E-state index contributed by atoms with van der Waals surface area (Å²) >= 11 is 0. The van der Waals surface area contributed by atoms with Gasteiger partial charge in [0.1, 0.15) is 11.8 Å². The number of hydrogen-bond acceptors (Lipinski definition) is 4. The summed E-state index contributed by atoms with van der Waals surface area (Å²) in [5, 5.41) is 0. The Balaban J connectivity index is 2.15. The summed E-state index contributed by atoms with van der Waals surface area (Å²) < 4.78 is 11.6. The van der Waals surface area contributed by atoms with Crippen LogP contribution < -0.4 is 11.3 Å². The Kier molecular flexibility index (Phi) is 3.84. The molecule has 0 amide bonds. The highest BCUT2D eigenvalue weighted by Gasteiger charge is 2.44. The maximum Gasteiger partial charge on any atom is 0.113 e. The van der Waals surface area contributed by atoms with Gasteiger partial charge < -0.3 is 9.47 Å². The Bertz CT molecular complexity index is 260. The van der Waals surface area contributed by atoms with Crippen molar-refractivity contribution < 1.29 is 9.47 Å². The zero-order valence-electron chi connectivity index (χ0n) is 10.00. The molecule has 4 heteroatoms. The molecular formula is C12H22N2O2. The molecule has 1 saturated carbocycles. The maximum absolute atomic E-state index is 5.99. The number of ether oxygens (including phenoxy) is 2. The minimum atomic E-state index is -0.153. The summed E-state index contributed by atoms with van der Waals surface area (Å²) in [6, 6.07) is 0.0115. The summed E-state index contributed by atoms with van der Waals surface area (Å²) in [7, 11) is 0. The van der Waals surface area contributed by atoms with Crippen molar-refractivity contribution in [3.8, 4) is 0 Å². The second kappa shape index (κ2) is 5.17. The molecule has 0 spiro atoms. The van der Waals surface area contributed by atoms with Gasteiger partial charge in [-0.2, -0.15) is 0 Å². The Labute approximate surface area is 97.1 Å². The van der Waals surface area contributed by atoms with E-state index in [1.807, 2.05) is 6.92 Å². The van der Waals surface area contributed by atoms with Crippen LogP contribution in [0, 0.1) is 0 Å². The van der Waals surface area contributed by atoms with Crippen LogP contribution in [0.4, 0.5) is 0 Å². The summed E-state index contributed by atoms with van der Waals surface area (Å²) in [6.07, 6.45) is 7.67. The molecule has 1 atom stereocenters. The van der Waals surface area contributed by atoms with E-state index in [0.717, 1.165) is 38.2 Å². The maximum atomic E-state index is 5.99. The first-order valence-electron chi connectivity index (χ1n) is 6.25. The van der Waals surface area contributed by atoms with Gasteiger partial charge in [0.05, 0.1) is 12.2 Å². The van der Waals surface area contributed by atoms with Gasteiger partial charge in [-0.25, -0.2) is 5.43 Å². The number of hydrogen-bond donors (Lipinski definition) is 2. The molecule has 2 aliphatic rings. The smallest absolute Gasteiger partial charge is 0.113 e. The van der Waals surface area contributed by atoms with Crippen LogP contribution >= 0.6 is 0 Å². The van der Waals surface area contributed by atoms with Crippen LogP contribution in [0.25, 0.3) is 0 Å². The monoisotopic (exact) mass is 226 g/mol. The molecule has 0 aromatic heterocycles. The lowest BCUT2D eigenvalue weighted by Gasteiger charge is -2.37. The molecule has 92 valence electrons. The molecule has 0 saturated heterocycles. The normalized spacial score (nSPS) is 25.2. The van der Waals surface area contributed by atoms with E-state index in [0.29, 0.717) is 0 Å². The van der Waals surface area contributed by atoms with Gasteiger partial charge in [-0.3, -0.25) is 5.84 Å². The number of nitrogens with one attached hydrogen (secondary N) is 1. The summed E-state index contributed by atoms with van der Waals surface area (Å²) in [5.41, 5.74) is 2.74. The zero-order valence-corrected chi connectivity index (χ0v) is 10.00. The second-order valence-electron chi connectivity index (χ2n) is 4.55. The van der Waals surface area contributed by atoms with Gasteiger partial charge in [-0.1, -0.05) is 12.8 Å². The van der Waals surface area contributed by atoms with Crippen LogP contribution in [0.1, 0.15) is 39.0 Å². The van der Waals surface area contributed by atoms with E-state index in [2.05, 4.69) is 11.5 Å². The summed E-state index contributed by atoms with van der Waals surface area (Å²) in [6.45, 7) is 3.54. The van der Waals surface area contributed by atoms with Crippen LogP contribution in [-0.2, 0) is 9.47 Å². The van der Waals surface area contributed by atoms with Crippen molar-refractivity contribution in [3.63, 3.8) is 0 Å². The molecule has 1 aliphatic carbocycles. The first-order valence-corrected chi connectivity index (χ1v) is 6.25. The standard InChI is InChI=1S/C12H22N2O2/c1-2-16-12(7-3-4-8-12)11(14-13)10-6-5-9-15-10/h6,11,14H,2-5,7-9,13H2,1H3. The van der Waals surface area contributed by atoms with E-state index in [1.165, 1.54) is 12.8 Å². The van der Waals surface area contributed by atoms with E-state index >= 15 is 0 Å². The van der Waals surface area contributed by atoms with Crippen molar-refractivity contribution in [3.05, 3.63) is 11.8 Å². The lowest BCUT2D eigenvalue weighted by Crippen LogP contribution is -2.54. The van der Waals surface area contributed by atoms with Gasteiger partial charge in [0.2, 0.25) is 0 Å². The van der Waals surface area contributed by atoms with Crippen LogP contribution in [0.3, 0.4) is 0 Å². The lowest BCUT2D eigenvalue weighted by molar-refractivity contribution is -0.0627. The van der Waals surface area contributed by atoms with Gasteiger partial charge in [-0.15, -0.1) is 0 Å². The van der Waals surface area contributed by atoms with Crippen LogP contribution in [-0.4, -0.2) is 24.9 Å². The second-order valence-corrected chi connectivity index (χ2v) is 4.55. The zero-order chi connectivity index (χ0) is 11.4. The van der Waals surface area contributed by atoms with E-state index < -0.39 is 0 Å². The Morgan fingerprint density at radius 2 is 2.31 bits per heavy atom. The molecule has 0 aromatic carbocycles. The molecule has 0 radical (unpaired) electrons. The van der Waals surface area contributed by atoms with Crippen molar-refractivity contribution >= 4 is 0 Å². The van der Waals surface area contributed by atoms with E-state index in [1.54, 1.807) is 0 Å². The molecule has 1 aliphatic heterocycles. The Hall–Kier alpha value is -0.580. The minimum absolute atomic E-state index is 0.0115. The highest BCUT2D eigenvalue weighted by molar-refractivity contribution is 5.15. The highest BCUT2D eigenvalue weighted by atomic mass is 16.5. The Morgan fingerprint density at radius 3 is 2.81 bits per heavy atom. The molecule has 1 heterocycles. The average Bonchev–Trinajstić information content (AvgIpc) is 2.92. The van der Waals surface area contributed by atoms with Crippen molar-refractivity contribution in [1.82, 2.24) is 5.43 Å². The first kappa shape index (κ1) is 11.9. The molecule has 2 rings (SSSR count). The van der Waals surface area contributed by atoms with Crippen molar-refractivity contribution in [2.45, 2.75) is 50.7 Å². The Morgan fingerprint density at radius 1 is 1.56 bits per heavy atom. The average molecular weight is 226 g/mol. The minimum Gasteiger partial charge on any atom is -0.496 e. The lowest BCUT2D eigenvalue weighted by atomic mass is 9.90.